The molecule has 2 aromatic rings. The van der Waals surface area contributed by atoms with Crippen molar-refractivity contribution in [3.05, 3.63) is 34.9 Å². The molecule has 106 valence electrons. The first-order chi connectivity index (χ1) is 9.54. The first-order valence-corrected chi connectivity index (χ1v) is 6.70. The standard InChI is InChI=1S/C14H15ClN2O3/c1-4-19-14(18)10-11(9-6-5-7-20-9)16-13(8(2)3)17-12(10)15/h5-8H,4H2,1-3H3. The van der Waals surface area contributed by atoms with E-state index in [9.17, 15) is 4.79 Å². The third kappa shape index (κ3) is 2.82. The Bertz CT molecular complexity index is 609. The fourth-order valence-electron chi connectivity index (χ4n) is 1.68. The first-order valence-electron chi connectivity index (χ1n) is 6.33. The van der Waals surface area contributed by atoms with Gasteiger partial charge in [-0.15, -0.1) is 0 Å². The van der Waals surface area contributed by atoms with Crippen LogP contribution < -0.4 is 0 Å². The highest BCUT2D eigenvalue weighted by Gasteiger charge is 2.24. The van der Waals surface area contributed by atoms with Crippen molar-refractivity contribution in [1.82, 2.24) is 9.97 Å². The van der Waals surface area contributed by atoms with Crippen LogP contribution >= 0.6 is 11.6 Å². The maximum absolute atomic E-state index is 12.0. The van der Waals surface area contributed by atoms with Gasteiger partial charge in [0, 0.05) is 5.92 Å². The van der Waals surface area contributed by atoms with Crippen LogP contribution in [0.5, 0.6) is 0 Å². The van der Waals surface area contributed by atoms with Gasteiger partial charge in [-0.3, -0.25) is 0 Å². The molecule has 5 nitrogen and oxygen atoms in total. The molecule has 0 radical (unpaired) electrons. The summed E-state index contributed by atoms with van der Waals surface area (Å²) in [5, 5.41) is 0.0774. The summed E-state index contributed by atoms with van der Waals surface area (Å²) in [6.45, 7) is 5.86. The number of halogens is 1. The maximum atomic E-state index is 12.0. The van der Waals surface area contributed by atoms with E-state index in [0.29, 0.717) is 17.3 Å². The van der Waals surface area contributed by atoms with Gasteiger partial charge >= 0.3 is 5.97 Å². The summed E-state index contributed by atoms with van der Waals surface area (Å²) in [7, 11) is 0. The average Bonchev–Trinajstić information content (AvgIpc) is 2.91. The quantitative estimate of drug-likeness (QED) is 0.635. The van der Waals surface area contributed by atoms with Crippen molar-refractivity contribution in [2.75, 3.05) is 6.61 Å². The van der Waals surface area contributed by atoms with Crippen LogP contribution in [0.3, 0.4) is 0 Å². The summed E-state index contributed by atoms with van der Waals surface area (Å²) in [6, 6.07) is 3.43. The highest BCUT2D eigenvalue weighted by atomic mass is 35.5. The van der Waals surface area contributed by atoms with E-state index in [0.717, 1.165) is 0 Å². The molecule has 0 fully saturated rings. The van der Waals surface area contributed by atoms with Crippen LogP contribution in [0.2, 0.25) is 5.15 Å². The minimum absolute atomic E-state index is 0.0774. The fourth-order valence-corrected chi connectivity index (χ4v) is 1.94. The van der Waals surface area contributed by atoms with E-state index in [1.165, 1.54) is 6.26 Å². The van der Waals surface area contributed by atoms with E-state index in [1.54, 1.807) is 19.1 Å². The molecule has 2 aromatic heterocycles. The fraction of sp³-hybridized carbons (Fsp3) is 0.357. The number of carbonyl (C=O) groups excluding carboxylic acids is 1. The monoisotopic (exact) mass is 294 g/mol. The lowest BCUT2D eigenvalue weighted by Gasteiger charge is -2.11. The van der Waals surface area contributed by atoms with Crippen molar-refractivity contribution in [2.24, 2.45) is 0 Å². The number of ether oxygens (including phenoxy) is 1. The van der Waals surface area contributed by atoms with Gasteiger partial charge in [0.15, 0.2) is 5.76 Å². The number of aromatic nitrogens is 2. The van der Waals surface area contributed by atoms with Crippen molar-refractivity contribution < 1.29 is 13.9 Å². The van der Waals surface area contributed by atoms with Gasteiger partial charge in [0.25, 0.3) is 0 Å². The normalized spacial score (nSPS) is 10.8. The SMILES string of the molecule is CCOC(=O)c1c(Cl)nc(C(C)C)nc1-c1ccco1. The van der Waals surface area contributed by atoms with E-state index in [2.05, 4.69) is 9.97 Å². The maximum Gasteiger partial charge on any atom is 0.343 e. The topological polar surface area (TPSA) is 65.2 Å². The molecule has 0 aliphatic heterocycles. The number of esters is 1. The number of hydrogen-bond acceptors (Lipinski definition) is 5. The number of hydrogen-bond donors (Lipinski definition) is 0. The molecule has 2 rings (SSSR count). The van der Waals surface area contributed by atoms with Gasteiger partial charge in [-0.1, -0.05) is 25.4 Å². The summed E-state index contributed by atoms with van der Waals surface area (Å²) < 4.78 is 10.3. The van der Waals surface area contributed by atoms with E-state index in [1.807, 2.05) is 13.8 Å². The largest absolute Gasteiger partial charge is 0.463 e. The van der Waals surface area contributed by atoms with Crippen molar-refractivity contribution in [2.45, 2.75) is 26.7 Å². The van der Waals surface area contributed by atoms with E-state index < -0.39 is 5.97 Å². The molecule has 0 aromatic carbocycles. The summed E-state index contributed by atoms with van der Waals surface area (Å²) in [5.41, 5.74) is 0.491. The smallest absolute Gasteiger partial charge is 0.343 e. The zero-order valence-corrected chi connectivity index (χ0v) is 12.3. The zero-order valence-electron chi connectivity index (χ0n) is 11.5. The predicted molar refractivity (Wildman–Crippen MR) is 74.8 cm³/mol. The molecule has 0 amide bonds. The van der Waals surface area contributed by atoms with Gasteiger partial charge in [-0.05, 0) is 19.1 Å². The molecule has 0 bridgehead atoms. The third-order valence-corrected chi connectivity index (χ3v) is 2.91. The second-order valence-corrected chi connectivity index (χ2v) is 4.81. The average molecular weight is 295 g/mol. The molecule has 2 heterocycles. The van der Waals surface area contributed by atoms with Crippen molar-refractivity contribution in [3.63, 3.8) is 0 Å². The number of nitrogens with zero attached hydrogens (tertiary/aromatic N) is 2. The molecule has 0 aliphatic rings. The van der Waals surface area contributed by atoms with Crippen LogP contribution in [0.25, 0.3) is 11.5 Å². The molecular formula is C14H15ClN2O3. The first kappa shape index (κ1) is 14.5. The third-order valence-electron chi connectivity index (χ3n) is 2.63. The highest BCUT2D eigenvalue weighted by Crippen LogP contribution is 2.29. The summed E-state index contributed by atoms with van der Waals surface area (Å²) in [6.07, 6.45) is 1.51. The molecule has 20 heavy (non-hydrogen) atoms. The van der Waals surface area contributed by atoms with Gasteiger partial charge in [0.1, 0.15) is 22.2 Å². The number of carbonyl (C=O) groups is 1. The molecule has 0 atom stereocenters. The Labute approximate surface area is 121 Å². The summed E-state index contributed by atoms with van der Waals surface area (Å²) >= 11 is 6.13. The van der Waals surface area contributed by atoms with Crippen molar-refractivity contribution in [3.8, 4) is 11.5 Å². The Morgan fingerprint density at radius 3 is 2.75 bits per heavy atom. The van der Waals surface area contributed by atoms with Gasteiger partial charge in [0.05, 0.1) is 12.9 Å². The van der Waals surface area contributed by atoms with Crippen LogP contribution in [0, 0.1) is 0 Å². The van der Waals surface area contributed by atoms with Crippen LogP contribution in [-0.2, 0) is 4.74 Å². The van der Waals surface area contributed by atoms with E-state index in [-0.39, 0.29) is 23.2 Å². The Hall–Kier alpha value is -1.88. The molecule has 0 spiro atoms. The Kier molecular flexibility index (Phi) is 4.39. The molecule has 0 N–H and O–H groups in total. The van der Waals surface area contributed by atoms with Crippen LogP contribution in [0.1, 0.15) is 42.9 Å². The van der Waals surface area contributed by atoms with Crippen LogP contribution in [-0.4, -0.2) is 22.5 Å². The lowest BCUT2D eigenvalue weighted by molar-refractivity contribution is 0.0526. The second-order valence-electron chi connectivity index (χ2n) is 4.45. The Balaban J connectivity index is 2.63. The predicted octanol–water partition coefficient (Wildman–Crippen LogP) is 3.69. The second kappa shape index (κ2) is 6.05. The van der Waals surface area contributed by atoms with E-state index >= 15 is 0 Å². The van der Waals surface area contributed by atoms with Crippen LogP contribution in [0.15, 0.2) is 22.8 Å². The molecule has 0 saturated carbocycles. The van der Waals surface area contributed by atoms with Crippen molar-refractivity contribution >= 4 is 17.6 Å². The lowest BCUT2D eigenvalue weighted by Crippen LogP contribution is -2.12. The number of furan rings is 1. The Morgan fingerprint density at radius 1 is 1.45 bits per heavy atom. The van der Waals surface area contributed by atoms with Gasteiger partial charge in [0.2, 0.25) is 0 Å². The van der Waals surface area contributed by atoms with Gasteiger partial charge in [-0.25, -0.2) is 14.8 Å². The lowest BCUT2D eigenvalue weighted by atomic mass is 10.1. The summed E-state index contributed by atoms with van der Waals surface area (Å²) in [5.74, 6) is 0.533. The van der Waals surface area contributed by atoms with Gasteiger partial charge in [-0.2, -0.15) is 0 Å². The van der Waals surface area contributed by atoms with Crippen molar-refractivity contribution in [1.29, 1.82) is 0 Å². The van der Waals surface area contributed by atoms with Crippen LogP contribution in [0.4, 0.5) is 0 Å². The number of rotatable bonds is 4. The molecule has 6 heteroatoms. The van der Waals surface area contributed by atoms with Gasteiger partial charge < -0.3 is 9.15 Å². The summed E-state index contributed by atoms with van der Waals surface area (Å²) in [4.78, 5) is 20.6. The minimum atomic E-state index is -0.556. The molecule has 0 saturated heterocycles. The zero-order chi connectivity index (χ0) is 14.7. The molecule has 0 unspecified atom stereocenters. The highest BCUT2D eigenvalue weighted by molar-refractivity contribution is 6.33. The molecular weight excluding hydrogens is 280 g/mol. The van der Waals surface area contributed by atoms with E-state index in [4.69, 9.17) is 20.8 Å². The Morgan fingerprint density at radius 2 is 2.20 bits per heavy atom. The minimum Gasteiger partial charge on any atom is -0.463 e. The molecule has 0 aliphatic carbocycles.